The van der Waals surface area contributed by atoms with Gasteiger partial charge in [0.2, 0.25) is 10.0 Å². The van der Waals surface area contributed by atoms with Gasteiger partial charge in [0.25, 0.3) is 0 Å². The lowest BCUT2D eigenvalue weighted by Gasteiger charge is -2.38. The Kier molecular flexibility index (Phi) is 4.18. The smallest absolute Gasteiger partial charge is 0.244 e. The molecule has 130 valence electrons. The van der Waals surface area contributed by atoms with Crippen LogP contribution in [0.25, 0.3) is 0 Å². The van der Waals surface area contributed by atoms with Gasteiger partial charge in [0.1, 0.15) is 6.07 Å². The third kappa shape index (κ3) is 2.80. The van der Waals surface area contributed by atoms with Gasteiger partial charge in [-0.1, -0.05) is 12.1 Å². The molecule has 0 spiro atoms. The van der Waals surface area contributed by atoms with Crippen molar-refractivity contribution in [2.75, 3.05) is 0 Å². The average Bonchev–Trinajstić information content (AvgIpc) is 3.16. The molecule has 25 heavy (non-hydrogen) atoms. The van der Waals surface area contributed by atoms with Crippen molar-refractivity contribution in [1.29, 1.82) is 5.26 Å². The van der Waals surface area contributed by atoms with E-state index in [1.807, 2.05) is 16.9 Å². The van der Waals surface area contributed by atoms with Crippen LogP contribution in [0.5, 0.6) is 0 Å². The quantitative estimate of drug-likeness (QED) is 0.763. The number of piperidine rings is 1. The number of nitrogens with zero attached hydrogens (tertiary/aromatic N) is 4. The molecule has 4 rings (SSSR count). The summed E-state index contributed by atoms with van der Waals surface area (Å²) in [6.45, 7) is 0. The van der Waals surface area contributed by atoms with E-state index in [0.29, 0.717) is 0 Å². The zero-order valence-electron chi connectivity index (χ0n) is 13.4. The topological polar surface area (TPSA) is 79.0 Å². The van der Waals surface area contributed by atoms with E-state index in [1.165, 1.54) is 6.07 Å². The third-order valence-corrected chi connectivity index (χ3v) is 7.62. The first kappa shape index (κ1) is 16.8. The van der Waals surface area contributed by atoms with Crippen LogP contribution in [0.3, 0.4) is 0 Å². The second-order valence-electron chi connectivity index (χ2n) is 6.59. The zero-order valence-corrected chi connectivity index (χ0v) is 15.8. The highest BCUT2D eigenvalue weighted by Gasteiger charge is 2.48. The van der Waals surface area contributed by atoms with Gasteiger partial charge < -0.3 is 0 Å². The Labute approximate surface area is 155 Å². The van der Waals surface area contributed by atoms with Crippen molar-refractivity contribution >= 4 is 26.0 Å². The van der Waals surface area contributed by atoms with Gasteiger partial charge in [-0.15, -0.1) is 0 Å². The van der Waals surface area contributed by atoms with Gasteiger partial charge in [-0.2, -0.15) is 14.7 Å². The largest absolute Gasteiger partial charge is 0.268 e. The molecule has 1 aromatic carbocycles. The second-order valence-corrected chi connectivity index (χ2v) is 9.32. The number of sulfonamides is 1. The molecule has 2 fully saturated rings. The van der Waals surface area contributed by atoms with Crippen LogP contribution in [0, 0.1) is 11.3 Å². The molecule has 0 aliphatic carbocycles. The highest BCUT2D eigenvalue weighted by molar-refractivity contribution is 9.10. The molecule has 0 radical (unpaired) electrons. The average molecular weight is 421 g/mol. The number of halogens is 1. The standard InChI is InChI=1S/C17H17BrN4O2S/c18-13-10-20-21(11-13)16-7-14-5-6-15(8-16)22(14)25(23,24)17-4-2-1-3-12(17)9-19/h1-4,10-11,14-16H,5-8H2. The van der Waals surface area contributed by atoms with Crippen molar-refractivity contribution in [3.8, 4) is 6.07 Å². The maximum Gasteiger partial charge on any atom is 0.244 e. The molecule has 2 saturated heterocycles. The minimum absolute atomic E-state index is 0.0384. The number of fused-ring (bicyclic) bond motifs is 2. The Morgan fingerprint density at radius 1 is 1.16 bits per heavy atom. The fourth-order valence-electron chi connectivity index (χ4n) is 4.13. The summed E-state index contributed by atoms with van der Waals surface area (Å²) in [6, 6.07) is 8.58. The maximum absolute atomic E-state index is 13.2. The molecule has 0 amide bonds. The molecule has 2 unspecified atom stereocenters. The summed E-state index contributed by atoms with van der Waals surface area (Å²) in [5.41, 5.74) is 0.208. The van der Waals surface area contributed by atoms with Crippen LogP contribution in [-0.2, 0) is 10.0 Å². The molecule has 0 N–H and O–H groups in total. The molecular weight excluding hydrogens is 404 g/mol. The lowest BCUT2D eigenvalue weighted by atomic mass is 10.00. The van der Waals surface area contributed by atoms with Crippen molar-refractivity contribution < 1.29 is 8.42 Å². The van der Waals surface area contributed by atoms with Crippen molar-refractivity contribution in [3.05, 3.63) is 46.7 Å². The van der Waals surface area contributed by atoms with E-state index >= 15 is 0 Å². The monoisotopic (exact) mass is 420 g/mol. The van der Waals surface area contributed by atoms with Crippen molar-refractivity contribution in [1.82, 2.24) is 14.1 Å². The fraction of sp³-hybridized carbons (Fsp3) is 0.412. The van der Waals surface area contributed by atoms with Crippen LogP contribution < -0.4 is 0 Å². The number of aromatic nitrogens is 2. The number of nitriles is 1. The van der Waals surface area contributed by atoms with E-state index in [1.54, 1.807) is 28.7 Å². The molecule has 1 aromatic heterocycles. The third-order valence-electron chi connectivity index (χ3n) is 5.15. The summed E-state index contributed by atoms with van der Waals surface area (Å²) in [7, 11) is -3.67. The van der Waals surface area contributed by atoms with Gasteiger partial charge in [0.15, 0.2) is 0 Å². The maximum atomic E-state index is 13.2. The molecule has 2 bridgehead atoms. The van der Waals surface area contributed by atoms with Crippen molar-refractivity contribution in [2.24, 2.45) is 0 Å². The van der Waals surface area contributed by atoms with Crippen LogP contribution in [0.4, 0.5) is 0 Å². The van der Waals surface area contributed by atoms with E-state index in [4.69, 9.17) is 0 Å². The summed E-state index contributed by atoms with van der Waals surface area (Å²) in [4.78, 5) is 0.120. The summed E-state index contributed by atoms with van der Waals surface area (Å²) >= 11 is 3.41. The second kappa shape index (κ2) is 6.24. The zero-order chi connectivity index (χ0) is 17.6. The van der Waals surface area contributed by atoms with E-state index in [-0.39, 0.29) is 28.6 Å². The van der Waals surface area contributed by atoms with Crippen LogP contribution in [0.15, 0.2) is 46.0 Å². The minimum Gasteiger partial charge on any atom is -0.268 e. The normalized spacial score (nSPS) is 26.5. The summed E-state index contributed by atoms with van der Waals surface area (Å²) in [5.74, 6) is 0. The molecule has 3 heterocycles. The van der Waals surface area contributed by atoms with Crippen LogP contribution in [-0.4, -0.2) is 34.6 Å². The van der Waals surface area contributed by atoms with Crippen LogP contribution >= 0.6 is 15.9 Å². The van der Waals surface area contributed by atoms with Gasteiger partial charge in [-0.3, -0.25) is 4.68 Å². The van der Waals surface area contributed by atoms with Crippen molar-refractivity contribution in [2.45, 2.75) is 48.7 Å². The minimum atomic E-state index is -3.67. The predicted molar refractivity (Wildman–Crippen MR) is 95.2 cm³/mol. The molecular formula is C17H17BrN4O2S. The van der Waals surface area contributed by atoms with Gasteiger partial charge >= 0.3 is 0 Å². The number of hydrogen-bond donors (Lipinski definition) is 0. The van der Waals surface area contributed by atoms with Gasteiger partial charge in [-0.05, 0) is 53.7 Å². The molecule has 6 nitrogen and oxygen atoms in total. The fourth-order valence-corrected chi connectivity index (χ4v) is 6.46. The predicted octanol–water partition coefficient (Wildman–Crippen LogP) is 3.07. The number of benzene rings is 1. The van der Waals surface area contributed by atoms with Gasteiger partial charge in [0.05, 0.1) is 27.2 Å². The molecule has 0 saturated carbocycles. The number of rotatable bonds is 3. The first-order chi connectivity index (χ1) is 12.0. The van der Waals surface area contributed by atoms with Crippen LogP contribution in [0.1, 0.15) is 37.3 Å². The Hall–Kier alpha value is -1.69. The van der Waals surface area contributed by atoms with Crippen LogP contribution in [0.2, 0.25) is 0 Å². The van der Waals surface area contributed by atoms with E-state index < -0.39 is 10.0 Å². The molecule has 2 aromatic rings. The first-order valence-electron chi connectivity index (χ1n) is 8.23. The van der Waals surface area contributed by atoms with E-state index in [9.17, 15) is 13.7 Å². The lowest BCUT2D eigenvalue weighted by Crippen LogP contribution is -2.47. The van der Waals surface area contributed by atoms with Crippen molar-refractivity contribution in [3.63, 3.8) is 0 Å². The molecule has 2 atom stereocenters. The Bertz CT molecular complexity index is 936. The Balaban J connectivity index is 1.66. The summed E-state index contributed by atoms with van der Waals surface area (Å²) in [6.07, 6.45) is 6.92. The van der Waals surface area contributed by atoms with Gasteiger partial charge in [0, 0.05) is 18.3 Å². The van der Waals surface area contributed by atoms with E-state index in [2.05, 4.69) is 21.0 Å². The SMILES string of the molecule is N#Cc1ccccc1S(=O)(=O)N1C2CCC1CC(n1cc(Br)cn1)C2. The summed E-state index contributed by atoms with van der Waals surface area (Å²) < 4.78 is 31.0. The lowest BCUT2D eigenvalue weighted by molar-refractivity contribution is 0.184. The highest BCUT2D eigenvalue weighted by Crippen LogP contribution is 2.44. The highest BCUT2D eigenvalue weighted by atomic mass is 79.9. The number of hydrogen-bond acceptors (Lipinski definition) is 4. The van der Waals surface area contributed by atoms with Gasteiger partial charge in [-0.25, -0.2) is 8.42 Å². The Morgan fingerprint density at radius 2 is 1.84 bits per heavy atom. The Morgan fingerprint density at radius 3 is 2.44 bits per heavy atom. The molecule has 8 heteroatoms. The molecule has 2 aliphatic heterocycles. The first-order valence-corrected chi connectivity index (χ1v) is 10.5. The van der Waals surface area contributed by atoms with E-state index in [0.717, 1.165) is 30.2 Å². The summed E-state index contributed by atoms with van der Waals surface area (Å²) in [5, 5.41) is 13.6. The molecule has 2 aliphatic rings.